The van der Waals surface area contributed by atoms with Crippen molar-refractivity contribution in [3.63, 3.8) is 0 Å². The van der Waals surface area contributed by atoms with Gasteiger partial charge in [0, 0.05) is 32.0 Å². The lowest BCUT2D eigenvalue weighted by atomic mass is 10.6. The first kappa shape index (κ1) is 14.1. The van der Waals surface area contributed by atoms with Crippen LogP contribution in [-0.4, -0.2) is 40.6 Å². The minimum absolute atomic E-state index is 0.151. The van der Waals surface area contributed by atoms with Crippen LogP contribution in [0.3, 0.4) is 0 Å². The van der Waals surface area contributed by atoms with Crippen molar-refractivity contribution < 1.29 is 8.42 Å². The number of nitrogens with one attached hydrogen (secondary N) is 2. The van der Waals surface area contributed by atoms with E-state index in [1.165, 1.54) is 36.1 Å². The number of aromatic nitrogens is 4. The van der Waals surface area contributed by atoms with Crippen molar-refractivity contribution >= 4 is 15.7 Å². The lowest BCUT2D eigenvalue weighted by Crippen LogP contribution is -2.22. The highest BCUT2D eigenvalue weighted by molar-refractivity contribution is 7.92. The molecule has 0 amide bonds. The Labute approximate surface area is 123 Å². The van der Waals surface area contributed by atoms with Crippen molar-refractivity contribution in [1.82, 2.24) is 24.9 Å². The summed E-state index contributed by atoms with van der Waals surface area (Å²) in [5, 5.41) is 11.4. The molecule has 1 aliphatic carbocycles. The molecule has 21 heavy (non-hydrogen) atoms. The Morgan fingerprint density at radius 1 is 1.29 bits per heavy atom. The number of hydrogen-bond acceptors (Lipinski definition) is 5. The summed E-state index contributed by atoms with van der Waals surface area (Å²) in [6.07, 6.45) is 8.41. The maximum Gasteiger partial charge on any atom is 0.265 e. The zero-order valence-electron chi connectivity index (χ0n) is 11.7. The summed E-state index contributed by atoms with van der Waals surface area (Å²) in [4.78, 5) is 0.151. The van der Waals surface area contributed by atoms with Gasteiger partial charge in [-0.05, 0) is 12.8 Å². The smallest absolute Gasteiger partial charge is 0.265 e. The lowest BCUT2D eigenvalue weighted by molar-refractivity contribution is 0.552. The SMILES string of the molecule is Cn1cc(NS(=O)(=O)c2cnn(CCNC3CC3)c2)cn1. The molecule has 0 spiro atoms. The molecule has 0 aromatic carbocycles. The molecule has 1 fully saturated rings. The van der Waals surface area contributed by atoms with Gasteiger partial charge in [-0.3, -0.25) is 14.1 Å². The molecule has 1 saturated carbocycles. The van der Waals surface area contributed by atoms with Crippen molar-refractivity contribution in [2.45, 2.75) is 30.3 Å². The van der Waals surface area contributed by atoms with Gasteiger partial charge in [0.2, 0.25) is 0 Å². The highest BCUT2D eigenvalue weighted by atomic mass is 32.2. The van der Waals surface area contributed by atoms with Gasteiger partial charge >= 0.3 is 0 Å². The highest BCUT2D eigenvalue weighted by Gasteiger charge is 2.20. The monoisotopic (exact) mass is 310 g/mol. The van der Waals surface area contributed by atoms with Crippen molar-refractivity contribution in [1.29, 1.82) is 0 Å². The van der Waals surface area contributed by atoms with E-state index in [1.807, 2.05) is 0 Å². The largest absolute Gasteiger partial charge is 0.312 e. The molecule has 8 nitrogen and oxygen atoms in total. The van der Waals surface area contributed by atoms with Gasteiger partial charge in [-0.15, -0.1) is 0 Å². The zero-order valence-corrected chi connectivity index (χ0v) is 12.5. The predicted octanol–water partition coefficient (Wildman–Crippen LogP) is 0.169. The Hall–Kier alpha value is -1.87. The maximum atomic E-state index is 12.2. The second-order valence-corrected chi connectivity index (χ2v) is 6.86. The fourth-order valence-electron chi connectivity index (χ4n) is 1.96. The summed E-state index contributed by atoms with van der Waals surface area (Å²) < 4.78 is 30.0. The van der Waals surface area contributed by atoms with E-state index in [2.05, 4.69) is 20.2 Å². The fraction of sp³-hybridized carbons (Fsp3) is 0.500. The van der Waals surface area contributed by atoms with Crippen LogP contribution >= 0.6 is 0 Å². The molecular weight excluding hydrogens is 292 g/mol. The van der Waals surface area contributed by atoms with E-state index < -0.39 is 10.0 Å². The van der Waals surface area contributed by atoms with E-state index in [0.717, 1.165) is 6.54 Å². The van der Waals surface area contributed by atoms with Crippen LogP contribution in [-0.2, 0) is 23.6 Å². The van der Waals surface area contributed by atoms with Gasteiger partial charge in [-0.1, -0.05) is 0 Å². The van der Waals surface area contributed by atoms with Crippen molar-refractivity contribution in [3.8, 4) is 0 Å². The third kappa shape index (κ3) is 3.61. The Balaban J connectivity index is 1.62. The molecule has 3 rings (SSSR count). The second kappa shape index (κ2) is 5.49. The number of nitrogens with zero attached hydrogens (tertiary/aromatic N) is 4. The van der Waals surface area contributed by atoms with Crippen LogP contribution in [0.1, 0.15) is 12.8 Å². The number of hydrogen-bond donors (Lipinski definition) is 2. The number of aryl methyl sites for hydroxylation is 1. The fourth-order valence-corrected chi connectivity index (χ4v) is 2.94. The molecule has 0 aliphatic heterocycles. The Morgan fingerprint density at radius 3 is 2.76 bits per heavy atom. The average molecular weight is 310 g/mol. The molecule has 114 valence electrons. The first-order chi connectivity index (χ1) is 10.0. The van der Waals surface area contributed by atoms with Crippen molar-refractivity contribution in [2.75, 3.05) is 11.3 Å². The van der Waals surface area contributed by atoms with Gasteiger partial charge in [-0.25, -0.2) is 8.42 Å². The predicted molar refractivity (Wildman–Crippen MR) is 77.3 cm³/mol. The van der Waals surface area contributed by atoms with Crippen LogP contribution in [0.15, 0.2) is 29.7 Å². The molecule has 0 bridgehead atoms. The van der Waals surface area contributed by atoms with Crippen LogP contribution < -0.4 is 10.0 Å². The van der Waals surface area contributed by atoms with E-state index >= 15 is 0 Å². The molecule has 2 aromatic heterocycles. The lowest BCUT2D eigenvalue weighted by Gasteiger charge is -2.03. The van der Waals surface area contributed by atoms with Crippen LogP contribution in [0.5, 0.6) is 0 Å². The number of sulfonamides is 1. The average Bonchev–Trinajstić information content (AvgIpc) is 2.94. The van der Waals surface area contributed by atoms with Crippen molar-refractivity contribution in [3.05, 3.63) is 24.8 Å². The van der Waals surface area contributed by atoms with Gasteiger partial charge in [0.15, 0.2) is 0 Å². The molecule has 0 atom stereocenters. The van der Waals surface area contributed by atoms with E-state index in [9.17, 15) is 8.42 Å². The molecular formula is C12H18N6O2S. The first-order valence-electron chi connectivity index (χ1n) is 6.80. The van der Waals surface area contributed by atoms with Crippen LogP contribution in [0.25, 0.3) is 0 Å². The summed E-state index contributed by atoms with van der Waals surface area (Å²) in [5.41, 5.74) is 0.431. The second-order valence-electron chi connectivity index (χ2n) is 5.18. The Morgan fingerprint density at radius 2 is 2.10 bits per heavy atom. The van der Waals surface area contributed by atoms with Crippen LogP contribution in [0.2, 0.25) is 0 Å². The third-order valence-corrected chi connectivity index (χ3v) is 4.56. The molecule has 0 saturated heterocycles. The van der Waals surface area contributed by atoms with Crippen LogP contribution in [0, 0.1) is 0 Å². The van der Waals surface area contributed by atoms with E-state index in [0.29, 0.717) is 18.3 Å². The Bertz CT molecular complexity index is 716. The quantitative estimate of drug-likeness (QED) is 0.760. The number of rotatable bonds is 7. The summed E-state index contributed by atoms with van der Waals surface area (Å²) >= 11 is 0. The zero-order chi connectivity index (χ0) is 14.9. The van der Waals surface area contributed by atoms with Crippen LogP contribution in [0.4, 0.5) is 5.69 Å². The summed E-state index contributed by atoms with van der Waals surface area (Å²) in [6.45, 7) is 1.45. The molecule has 0 unspecified atom stereocenters. The third-order valence-electron chi connectivity index (χ3n) is 3.23. The molecule has 1 aliphatic rings. The van der Waals surface area contributed by atoms with Gasteiger partial charge < -0.3 is 5.32 Å². The minimum Gasteiger partial charge on any atom is -0.312 e. The summed E-state index contributed by atoms with van der Waals surface area (Å²) in [6, 6.07) is 0.635. The van der Waals surface area contributed by atoms with E-state index in [1.54, 1.807) is 17.9 Å². The van der Waals surface area contributed by atoms with E-state index in [-0.39, 0.29) is 4.90 Å². The molecule has 9 heteroatoms. The highest BCUT2D eigenvalue weighted by Crippen LogP contribution is 2.18. The van der Waals surface area contributed by atoms with Gasteiger partial charge in [0.1, 0.15) is 4.90 Å². The van der Waals surface area contributed by atoms with E-state index in [4.69, 9.17) is 0 Å². The molecule has 2 aromatic rings. The molecule has 2 heterocycles. The topological polar surface area (TPSA) is 93.8 Å². The Kier molecular flexibility index (Phi) is 3.68. The molecule has 2 N–H and O–H groups in total. The van der Waals surface area contributed by atoms with Gasteiger partial charge in [-0.2, -0.15) is 10.2 Å². The first-order valence-corrected chi connectivity index (χ1v) is 8.28. The minimum atomic E-state index is -3.62. The summed E-state index contributed by atoms with van der Waals surface area (Å²) in [5.74, 6) is 0. The maximum absolute atomic E-state index is 12.2. The number of anilines is 1. The van der Waals surface area contributed by atoms with Crippen molar-refractivity contribution in [2.24, 2.45) is 7.05 Å². The molecule has 0 radical (unpaired) electrons. The standard InChI is InChI=1S/C12H18N6O2S/c1-17-8-11(6-14-17)16-21(19,20)12-7-15-18(9-12)5-4-13-10-2-3-10/h6-10,13,16H,2-5H2,1H3. The van der Waals surface area contributed by atoms with Gasteiger partial charge in [0.25, 0.3) is 10.0 Å². The van der Waals surface area contributed by atoms with Gasteiger partial charge in [0.05, 0.1) is 24.6 Å². The normalized spacial score (nSPS) is 15.3. The summed E-state index contributed by atoms with van der Waals surface area (Å²) in [7, 11) is -1.89.